The summed E-state index contributed by atoms with van der Waals surface area (Å²) >= 11 is 0. The molecule has 3 aromatic rings. The van der Waals surface area contributed by atoms with Crippen molar-refractivity contribution in [2.24, 2.45) is 11.5 Å². The van der Waals surface area contributed by atoms with Gasteiger partial charge in [0.2, 0.25) is 29.5 Å². The first-order valence-electron chi connectivity index (χ1n) is 15.1. The van der Waals surface area contributed by atoms with Crippen LogP contribution < -0.4 is 32.7 Å². The molecule has 0 aliphatic carbocycles. The highest BCUT2D eigenvalue weighted by atomic mass is 16.4. The molecule has 0 fully saturated rings. The summed E-state index contributed by atoms with van der Waals surface area (Å²) in [4.78, 5) is 78.9. The van der Waals surface area contributed by atoms with Crippen LogP contribution in [0.5, 0.6) is 5.75 Å². The van der Waals surface area contributed by atoms with Crippen molar-refractivity contribution >= 4 is 46.4 Å². The highest BCUT2D eigenvalue weighted by Gasteiger charge is 2.32. The zero-order valence-electron chi connectivity index (χ0n) is 26.4. The van der Waals surface area contributed by atoms with Gasteiger partial charge in [-0.05, 0) is 49.6 Å². The number of carboxylic acids is 1. The minimum atomic E-state index is -1.44. The molecule has 16 nitrogen and oxygen atoms in total. The summed E-state index contributed by atoms with van der Waals surface area (Å²) in [6.45, 7) is 2.63. The first-order chi connectivity index (χ1) is 22.7. The fourth-order valence-corrected chi connectivity index (χ4v) is 4.79. The Labute approximate surface area is 275 Å². The Morgan fingerprint density at radius 1 is 0.792 bits per heavy atom. The molecule has 258 valence electrons. The summed E-state index contributed by atoms with van der Waals surface area (Å²) in [5.74, 6) is -5.43. The lowest BCUT2D eigenvalue weighted by molar-refractivity contribution is -0.142. The maximum atomic E-state index is 13.8. The number of phenols is 1. The Balaban J connectivity index is 1.87. The zero-order chi connectivity index (χ0) is 35.5. The van der Waals surface area contributed by atoms with E-state index in [-0.39, 0.29) is 31.4 Å². The molecule has 3 rings (SSSR count). The van der Waals surface area contributed by atoms with Gasteiger partial charge < -0.3 is 53.0 Å². The summed E-state index contributed by atoms with van der Waals surface area (Å²) in [5.41, 5.74) is 12.9. The van der Waals surface area contributed by atoms with Crippen LogP contribution in [0.15, 0.2) is 54.7 Å². The van der Waals surface area contributed by atoms with Gasteiger partial charge in [0, 0.05) is 36.4 Å². The Bertz CT molecular complexity index is 1620. The molecule has 0 unspecified atom stereocenters. The largest absolute Gasteiger partial charge is 0.508 e. The maximum Gasteiger partial charge on any atom is 0.326 e. The van der Waals surface area contributed by atoms with Gasteiger partial charge in [-0.2, -0.15) is 0 Å². The smallest absolute Gasteiger partial charge is 0.326 e. The standard InChI is InChI=1S/C32H41N7O9/c1-16(28(43)37-23(32(47)48)11-12-26(33)42)36-29(44)25(14-19-15-35-22-6-4-3-5-21(19)22)38-30(45)24(39-31(46)27(34)17(2)40)13-18-7-9-20(41)10-8-18/h3-10,15-17,23-25,27,35,40-41H,11-14,34H2,1-2H3,(H2,33,42)(H,36,44)(H,37,43)(H,38,45)(H,39,46)(H,47,48)/t16-,17+,23-,24-,25-,27-/m0/s1. The van der Waals surface area contributed by atoms with Gasteiger partial charge in [0.25, 0.3) is 0 Å². The predicted molar refractivity (Wildman–Crippen MR) is 173 cm³/mol. The molecule has 0 aliphatic rings. The fourth-order valence-electron chi connectivity index (χ4n) is 4.79. The van der Waals surface area contributed by atoms with Crippen molar-refractivity contribution in [3.05, 3.63) is 65.9 Å². The number of nitrogens with one attached hydrogen (secondary N) is 5. The van der Waals surface area contributed by atoms with Gasteiger partial charge in [-0.1, -0.05) is 30.3 Å². The second kappa shape index (κ2) is 16.9. The number of aliphatic hydroxyl groups is 1. The van der Waals surface area contributed by atoms with Crippen molar-refractivity contribution in [2.75, 3.05) is 0 Å². The molecule has 0 bridgehead atoms. The molecule has 0 saturated heterocycles. The predicted octanol–water partition coefficient (Wildman–Crippen LogP) is -1.32. The van der Waals surface area contributed by atoms with Crippen molar-refractivity contribution in [1.82, 2.24) is 26.3 Å². The first kappa shape index (κ1) is 37.0. The quantitative estimate of drug-likeness (QED) is 0.0810. The molecule has 48 heavy (non-hydrogen) atoms. The van der Waals surface area contributed by atoms with E-state index in [4.69, 9.17) is 11.5 Å². The Kier molecular flexibility index (Phi) is 13.0. The van der Waals surface area contributed by atoms with E-state index in [0.717, 1.165) is 10.9 Å². The van der Waals surface area contributed by atoms with Gasteiger partial charge in [0.05, 0.1) is 6.10 Å². The average molecular weight is 668 g/mol. The number of carbonyl (C=O) groups is 6. The van der Waals surface area contributed by atoms with Crippen molar-refractivity contribution in [2.45, 2.75) is 75.8 Å². The van der Waals surface area contributed by atoms with Crippen LogP contribution in [0.25, 0.3) is 10.9 Å². The Morgan fingerprint density at radius 2 is 1.38 bits per heavy atom. The number of aliphatic hydroxyl groups excluding tert-OH is 1. The van der Waals surface area contributed by atoms with Crippen LogP contribution >= 0.6 is 0 Å². The molecular formula is C32H41N7O9. The monoisotopic (exact) mass is 667 g/mol. The lowest BCUT2D eigenvalue weighted by Crippen LogP contribution is -2.59. The van der Waals surface area contributed by atoms with Crippen LogP contribution in [0.2, 0.25) is 0 Å². The van der Waals surface area contributed by atoms with Crippen LogP contribution in [0, 0.1) is 0 Å². The van der Waals surface area contributed by atoms with Crippen molar-refractivity contribution in [3.63, 3.8) is 0 Å². The topological polar surface area (TPSA) is 279 Å². The van der Waals surface area contributed by atoms with E-state index < -0.39 is 71.8 Å². The number of nitrogens with two attached hydrogens (primary N) is 2. The van der Waals surface area contributed by atoms with Gasteiger partial charge in [-0.3, -0.25) is 24.0 Å². The molecule has 5 amide bonds. The van der Waals surface area contributed by atoms with E-state index in [9.17, 15) is 44.1 Å². The number of H-pyrrole nitrogens is 1. The number of phenolic OH excluding ortho intramolecular Hbond substituents is 1. The molecular weight excluding hydrogens is 626 g/mol. The third-order valence-corrected chi connectivity index (χ3v) is 7.61. The summed E-state index contributed by atoms with van der Waals surface area (Å²) in [7, 11) is 0. The maximum absolute atomic E-state index is 13.8. The second-order valence-corrected chi connectivity index (χ2v) is 11.5. The number of carbonyl (C=O) groups excluding carboxylic acids is 5. The lowest BCUT2D eigenvalue weighted by Gasteiger charge is -2.26. The van der Waals surface area contributed by atoms with Gasteiger partial charge in [-0.25, -0.2) is 4.79 Å². The average Bonchev–Trinajstić information content (AvgIpc) is 3.44. The summed E-state index contributed by atoms with van der Waals surface area (Å²) < 4.78 is 0. The molecule has 0 spiro atoms. The summed E-state index contributed by atoms with van der Waals surface area (Å²) in [6, 6.07) is 6.48. The number of primary amides is 1. The van der Waals surface area contributed by atoms with E-state index in [1.165, 1.54) is 26.0 Å². The number of aromatic hydroxyl groups is 1. The number of fused-ring (bicyclic) bond motifs is 1. The van der Waals surface area contributed by atoms with Crippen LogP contribution in [0.1, 0.15) is 37.8 Å². The minimum absolute atomic E-state index is 0.0175. The van der Waals surface area contributed by atoms with E-state index in [1.807, 2.05) is 18.2 Å². The van der Waals surface area contributed by atoms with Crippen LogP contribution in [0.3, 0.4) is 0 Å². The van der Waals surface area contributed by atoms with Gasteiger partial charge >= 0.3 is 5.97 Å². The SMILES string of the molecule is C[C@H](NC(=O)[C@H](Cc1c[nH]c2ccccc12)NC(=O)[C@H](Cc1ccc(O)cc1)NC(=O)[C@@H](N)[C@@H](C)O)C(=O)N[C@@H](CCC(N)=O)C(=O)O. The number of benzene rings is 2. The number of carboxylic acid groups (broad SMARTS) is 1. The molecule has 0 aliphatic heterocycles. The Morgan fingerprint density at radius 3 is 2.00 bits per heavy atom. The first-order valence-corrected chi connectivity index (χ1v) is 15.1. The number of hydrogen-bond acceptors (Lipinski definition) is 9. The third-order valence-electron chi connectivity index (χ3n) is 7.61. The van der Waals surface area contributed by atoms with Crippen molar-refractivity contribution in [1.29, 1.82) is 0 Å². The lowest BCUT2D eigenvalue weighted by atomic mass is 10.0. The van der Waals surface area contributed by atoms with Crippen LogP contribution in [-0.2, 0) is 41.6 Å². The molecule has 1 heterocycles. The van der Waals surface area contributed by atoms with E-state index in [0.29, 0.717) is 11.1 Å². The number of aromatic nitrogens is 1. The van der Waals surface area contributed by atoms with E-state index >= 15 is 0 Å². The van der Waals surface area contributed by atoms with E-state index in [1.54, 1.807) is 24.4 Å². The number of rotatable bonds is 17. The van der Waals surface area contributed by atoms with Crippen LogP contribution in [0.4, 0.5) is 0 Å². The van der Waals surface area contributed by atoms with Gasteiger partial charge in [0.15, 0.2) is 0 Å². The molecule has 1 aromatic heterocycles. The minimum Gasteiger partial charge on any atom is -0.508 e. The molecule has 2 aromatic carbocycles. The zero-order valence-corrected chi connectivity index (χ0v) is 26.4. The molecule has 16 heteroatoms. The molecule has 0 saturated carbocycles. The number of hydrogen-bond donors (Lipinski definition) is 10. The fraction of sp³-hybridized carbons (Fsp3) is 0.375. The number of para-hydroxylation sites is 1. The molecule has 6 atom stereocenters. The number of aromatic amines is 1. The number of aliphatic carboxylic acids is 1. The van der Waals surface area contributed by atoms with Gasteiger partial charge in [-0.15, -0.1) is 0 Å². The van der Waals surface area contributed by atoms with Crippen molar-refractivity contribution < 1.29 is 44.1 Å². The third kappa shape index (κ3) is 10.5. The second-order valence-electron chi connectivity index (χ2n) is 11.5. The highest BCUT2D eigenvalue weighted by molar-refractivity contribution is 5.96. The molecule has 0 radical (unpaired) electrons. The Hall–Kier alpha value is -5.48. The molecule has 12 N–H and O–H groups in total. The highest BCUT2D eigenvalue weighted by Crippen LogP contribution is 2.20. The normalized spacial score (nSPS) is 14.8. The summed E-state index contributed by atoms with van der Waals surface area (Å²) in [5, 5.41) is 39.6. The van der Waals surface area contributed by atoms with Crippen LogP contribution in [-0.4, -0.2) is 92.1 Å². The summed E-state index contributed by atoms with van der Waals surface area (Å²) in [6.07, 6.45) is -0.247. The number of amides is 5. The van der Waals surface area contributed by atoms with Gasteiger partial charge in [0.1, 0.15) is 36.0 Å². The van der Waals surface area contributed by atoms with Crippen molar-refractivity contribution in [3.8, 4) is 5.75 Å². The van der Waals surface area contributed by atoms with E-state index in [2.05, 4.69) is 26.3 Å².